The number of nitrogens with two attached hydrogens (primary N) is 1. The average molecular weight is 204 g/mol. The monoisotopic (exact) mass is 204 g/mol. The van der Waals surface area contributed by atoms with E-state index in [1.54, 1.807) is 0 Å². The minimum Gasteiger partial charge on any atom is -0.398 e. The van der Waals surface area contributed by atoms with Crippen molar-refractivity contribution in [2.45, 2.75) is 32.6 Å². The number of benzene rings is 1. The minimum atomic E-state index is 0.878. The van der Waals surface area contributed by atoms with Gasteiger partial charge in [-0.05, 0) is 37.0 Å². The topological polar surface area (TPSA) is 38.0 Å². The van der Waals surface area contributed by atoms with E-state index in [0.717, 1.165) is 29.4 Å². The fourth-order valence-electron chi connectivity index (χ4n) is 1.95. The minimum absolute atomic E-state index is 0.878. The van der Waals surface area contributed by atoms with Crippen LogP contribution in [0.3, 0.4) is 0 Å². The molecule has 1 aliphatic rings. The molecule has 2 rings (SSSR count). The highest BCUT2D eigenvalue weighted by atomic mass is 14.9. The van der Waals surface area contributed by atoms with Gasteiger partial charge in [-0.1, -0.05) is 25.3 Å². The van der Waals surface area contributed by atoms with Crippen LogP contribution in [0.4, 0.5) is 11.4 Å². The third-order valence-corrected chi connectivity index (χ3v) is 3.39. The number of hydrogen-bond acceptors (Lipinski definition) is 2. The fraction of sp³-hybridized carbons (Fsp3) is 0.538. The second-order valence-electron chi connectivity index (χ2n) is 4.58. The van der Waals surface area contributed by atoms with E-state index in [4.69, 9.17) is 5.73 Å². The van der Waals surface area contributed by atoms with Gasteiger partial charge in [-0.3, -0.25) is 0 Å². The van der Waals surface area contributed by atoms with Crippen molar-refractivity contribution < 1.29 is 0 Å². The van der Waals surface area contributed by atoms with Crippen LogP contribution in [0.5, 0.6) is 0 Å². The van der Waals surface area contributed by atoms with Crippen molar-refractivity contribution in [3.05, 3.63) is 23.8 Å². The van der Waals surface area contributed by atoms with Gasteiger partial charge in [0.2, 0.25) is 0 Å². The summed E-state index contributed by atoms with van der Waals surface area (Å²) in [4.78, 5) is 0. The van der Waals surface area contributed by atoms with E-state index in [0.29, 0.717) is 0 Å². The van der Waals surface area contributed by atoms with Crippen LogP contribution < -0.4 is 11.1 Å². The molecule has 0 atom stereocenters. The standard InChI is InChI=1S/C13H20N2/c1-10-5-6-12(9-13(10)14)15-8-7-11-3-2-4-11/h5-6,9,11,15H,2-4,7-8,14H2,1H3. The van der Waals surface area contributed by atoms with Gasteiger partial charge in [0.15, 0.2) is 0 Å². The van der Waals surface area contributed by atoms with Crippen molar-refractivity contribution in [3.63, 3.8) is 0 Å². The van der Waals surface area contributed by atoms with Crippen molar-refractivity contribution in [3.8, 4) is 0 Å². The van der Waals surface area contributed by atoms with E-state index < -0.39 is 0 Å². The van der Waals surface area contributed by atoms with Crippen LogP contribution in [0, 0.1) is 12.8 Å². The maximum Gasteiger partial charge on any atom is 0.0364 e. The van der Waals surface area contributed by atoms with Crippen molar-refractivity contribution in [1.82, 2.24) is 0 Å². The quantitative estimate of drug-likeness (QED) is 0.739. The first kappa shape index (κ1) is 10.3. The molecule has 15 heavy (non-hydrogen) atoms. The number of nitrogen functional groups attached to an aromatic ring is 1. The zero-order valence-electron chi connectivity index (χ0n) is 9.42. The first-order valence-corrected chi connectivity index (χ1v) is 5.86. The summed E-state index contributed by atoms with van der Waals surface area (Å²) in [6.45, 7) is 3.11. The molecule has 1 saturated carbocycles. The molecule has 82 valence electrons. The first-order chi connectivity index (χ1) is 7.25. The Hall–Kier alpha value is -1.18. The average Bonchev–Trinajstić information content (AvgIpc) is 2.15. The number of rotatable bonds is 4. The van der Waals surface area contributed by atoms with E-state index in [1.165, 1.54) is 25.7 Å². The maximum absolute atomic E-state index is 5.85. The Morgan fingerprint density at radius 3 is 2.80 bits per heavy atom. The van der Waals surface area contributed by atoms with E-state index in [2.05, 4.69) is 17.4 Å². The summed E-state index contributed by atoms with van der Waals surface area (Å²) in [5.41, 5.74) is 9.03. The van der Waals surface area contributed by atoms with Crippen LogP contribution in [0.2, 0.25) is 0 Å². The van der Waals surface area contributed by atoms with Gasteiger partial charge in [0, 0.05) is 17.9 Å². The van der Waals surface area contributed by atoms with Gasteiger partial charge < -0.3 is 11.1 Å². The Labute approximate surface area is 91.9 Å². The molecule has 0 unspecified atom stereocenters. The van der Waals surface area contributed by atoms with Crippen LogP contribution in [0.1, 0.15) is 31.2 Å². The Morgan fingerprint density at radius 2 is 2.20 bits per heavy atom. The number of hydrogen-bond donors (Lipinski definition) is 2. The van der Waals surface area contributed by atoms with Gasteiger partial charge in [0.1, 0.15) is 0 Å². The summed E-state index contributed by atoms with van der Waals surface area (Å²) < 4.78 is 0. The second-order valence-corrected chi connectivity index (χ2v) is 4.58. The molecule has 3 N–H and O–H groups in total. The molecule has 0 radical (unpaired) electrons. The van der Waals surface area contributed by atoms with Crippen LogP contribution >= 0.6 is 0 Å². The van der Waals surface area contributed by atoms with E-state index in [-0.39, 0.29) is 0 Å². The highest BCUT2D eigenvalue weighted by Crippen LogP contribution is 2.29. The molecule has 1 aromatic carbocycles. The van der Waals surface area contributed by atoms with Gasteiger partial charge in [-0.15, -0.1) is 0 Å². The molecule has 1 fully saturated rings. The van der Waals surface area contributed by atoms with Crippen LogP contribution in [-0.2, 0) is 0 Å². The maximum atomic E-state index is 5.85. The fourth-order valence-corrected chi connectivity index (χ4v) is 1.95. The van der Waals surface area contributed by atoms with Crippen molar-refractivity contribution in [1.29, 1.82) is 0 Å². The number of nitrogens with one attached hydrogen (secondary N) is 1. The molecule has 0 amide bonds. The highest BCUT2D eigenvalue weighted by molar-refractivity contribution is 5.58. The molecule has 2 heteroatoms. The Balaban J connectivity index is 1.79. The number of anilines is 2. The van der Waals surface area contributed by atoms with Crippen molar-refractivity contribution >= 4 is 11.4 Å². The lowest BCUT2D eigenvalue weighted by molar-refractivity contribution is 0.303. The normalized spacial score (nSPS) is 16.1. The molecule has 0 aromatic heterocycles. The van der Waals surface area contributed by atoms with Crippen LogP contribution in [0.15, 0.2) is 18.2 Å². The molecule has 0 saturated heterocycles. The molecule has 0 spiro atoms. The zero-order chi connectivity index (χ0) is 10.7. The summed E-state index contributed by atoms with van der Waals surface area (Å²) >= 11 is 0. The summed E-state index contributed by atoms with van der Waals surface area (Å²) in [5.74, 6) is 0.972. The smallest absolute Gasteiger partial charge is 0.0364 e. The first-order valence-electron chi connectivity index (χ1n) is 5.86. The lowest BCUT2D eigenvalue weighted by atomic mass is 9.83. The van der Waals surface area contributed by atoms with Crippen LogP contribution in [0.25, 0.3) is 0 Å². The third-order valence-electron chi connectivity index (χ3n) is 3.39. The van der Waals surface area contributed by atoms with E-state index >= 15 is 0 Å². The summed E-state index contributed by atoms with van der Waals surface area (Å²) in [6, 6.07) is 6.20. The SMILES string of the molecule is Cc1ccc(NCCC2CCC2)cc1N. The molecule has 1 aromatic rings. The lowest BCUT2D eigenvalue weighted by Crippen LogP contribution is -2.15. The predicted octanol–water partition coefficient (Wildman–Crippen LogP) is 3.18. The number of aryl methyl sites for hydroxylation is 1. The Kier molecular flexibility index (Phi) is 3.14. The molecule has 0 bridgehead atoms. The second kappa shape index (κ2) is 4.56. The molecule has 1 aliphatic carbocycles. The van der Waals surface area contributed by atoms with E-state index in [9.17, 15) is 0 Å². The van der Waals surface area contributed by atoms with E-state index in [1.807, 2.05) is 13.0 Å². The van der Waals surface area contributed by atoms with Gasteiger partial charge in [-0.25, -0.2) is 0 Å². The highest BCUT2D eigenvalue weighted by Gasteiger charge is 2.16. The molecule has 2 nitrogen and oxygen atoms in total. The predicted molar refractivity (Wildman–Crippen MR) is 66.0 cm³/mol. The molecule has 0 heterocycles. The van der Waals surface area contributed by atoms with Gasteiger partial charge >= 0.3 is 0 Å². The molecular formula is C13H20N2. The van der Waals surface area contributed by atoms with Crippen molar-refractivity contribution in [2.75, 3.05) is 17.6 Å². The lowest BCUT2D eigenvalue weighted by Gasteiger charge is -2.25. The molecule has 0 aliphatic heterocycles. The van der Waals surface area contributed by atoms with Crippen LogP contribution in [-0.4, -0.2) is 6.54 Å². The Bertz CT molecular complexity index is 329. The molecular weight excluding hydrogens is 184 g/mol. The van der Waals surface area contributed by atoms with Gasteiger partial charge in [-0.2, -0.15) is 0 Å². The zero-order valence-corrected chi connectivity index (χ0v) is 9.42. The third kappa shape index (κ3) is 2.65. The largest absolute Gasteiger partial charge is 0.398 e. The summed E-state index contributed by atoms with van der Waals surface area (Å²) in [7, 11) is 0. The summed E-state index contributed by atoms with van der Waals surface area (Å²) in [5, 5.41) is 3.43. The Morgan fingerprint density at radius 1 is 1.40 bits per heavy atom. The summed E-state index contributed by atoms with van der Waals surface area (Å²) in [6.07, 6.45) is 5.59. The van der Waals surface area contributed by atoms with Crippen molar-refractivity contribution in [2.24, 2.45) is 5.92 Å². The van der Waals surface area contributed by atoms with Gasteiger partial charge in [0.05, 0.1) is 0 Å². The van der Waals surface area contributed by atoms with Gasteiger partial charge in [0.25, 0.3) is 0 Å².